The number of halogens is 5. The van der Waals surface area contributed by atoms with Gasteiger partial charge in [-0.05, 0) is 80.2 Å². The van der Waals surface area contributed by atoms with Gasteiger partial charge in [0.1, 0.15) is 35.1 Å². The third kappa shape index (κ3) is 7.71. The summed E-state index contributed by atoms with van der Waals surface area (Å²) in [5.74, 6) is -1.75. The zero-order valence-corrected chi connectivity index (χ0v) is 27.1. The molecule has 252 valence electrons. The fraction of sp³-hybridized carbons (Fsp3) is 0.333. The Hall–Kier alpha value is -4.27. The molecule has 2 aliphatic rings. The molecule has 3 aromatic heterocycles. The van der Waals surface area contributed by atoms with Crippen molar-refractivity contribution in [3.8, 4) is 16.2 Å². The first-order chi connectivity index (χ1) is 23.1. The molecule has 0 unspecified atom stereocenters. The van der Waals surface area contributed by atoms with Crippen LogP contribution in [0.4, 0.5) is 29.1 Å². The number of aliphatic carboxylic acids is 1. The zero-order valence-electron chi connectivity index (χ0n) is 25.6. The highest BCUT2D eigenvalue weighted by Crippen LogP contribution is 2.45. The van der Waals surface area contributed by atoms with Gasteiger partial charge in [-0.25, -0.2) is 19.2 Å². The lowest BCUT2D eigenvalue weighted by Crippen LogP contribution is -2.33. The Kier molecular flexibility index (Phi) is 10.1. The van der Waals surface area contributed by atoms with Crippen molar-refractivity contribution in [1.82, 2.24) is 24.6 Å². The van der Waals surface area contributed by atoms with Crippen LogP contribution in [0.15, 0.2) is 55.0 Å². The van der Waals surface area contributed by atoms with E-state index in [1.165, 1.54) is 66.2 Å². The molecule has 9 nitrogen and oxygen atoms in total. The number of carboxylic acid groups (broad SMARTS) is 1. The minimum Gasteiger partial charge on any atom is -0.487 e. The van der Waals surface area contributed by atoms with Gasteiger partial charge in [-0.1, -0.05) is 30.2 Å². The van der Waals surface area contributed by atoms with Crippen molar-refractivity contribution >= 4 is 50.6 Å². The summed E-state index contributed by atoms with van der Waals surface area (Å²) in [6, 6.07) is 11.9. The molecule has 2 N–H and O–H groups in total. The van der Waals surface area contributed by atoms with Crippen molar-refractivity contribution in [2.75, 3.05) is 25.0 Å². The number of piperidine rings is 1. The van der Waals surface area contributed by atoms with Gasteiger partial charge in [-0.15, -0.1) is 11.3 Å². The maximum Gasteiger partial charge on any atom is 0.490 e. The summed E-state index contributed by atoms with van der Waals surface area (Å²) in [5, 5.41) is 16.9. The van der Waals surface area contributed by atoms with E-state index in [1.54, 1.807) is 23.7 Å². The second-order valence-electron chi connectivity index (χ2n) is 11.4. The van der Waals surface area contributed by atoms with Gasteiger partial charge in [0, 0.05) is 28.4 Å². The van der Waals surface area contributed by atoms with E-state index < -0.39 is 12.1 Å². The molecule has 0 bridgehead atoms. The zero-order chi connectivity index (χ0) is 33.8. The maximum absolute atomic E-state index is 13.5. The van der Waals surface area contributed by atoms with E-state index in [4.69, 9.17) is 31.3 Å². The van der Waals surface area contributed by atoms with Crippen molar-refractivity contribution in [3.63, 3.8) is 0 Å². The highest BCUT2D eigenvalue weighted by atomic mass is 35.5. The van der Waals surface area contributed by atoms with Gasteiger partial charge in [-0.3, -0.25) is 4.68 Å². The number of hydrogen-bond acceptors (Lipinski definition) is 8. The highest BCUT2D eigenvalue weighted by Gasteiger charge is 2.38. The average Bonchev–Trinajstić information content (AvgIpc) is 3.66. The second-order valence-corrected chi connectivity index (χ2v) is 12.8. The first kappa shape index (κ1) is 33.6. The molecule has 2 aromatic carbocycles. The lowest BCUT2D eigenvalue weighted by molar-refractivity contribution is -0.192. The van der Waals surface area contributed by atoms with Crippen LogP contribution in [-0.4, -0.2) is 61.5 Å². The number of aryl methyl sites for hydroxylation is 1. The number of carboxylic acids is 1. The van der Waals surface area contributed by atoms with Crippen molar-refractivity contribution < 1.29 is 32.2 Å². The number of nitrogens with one attached hydrogen (secondary N) is 1. The highest BCUT2D eigenvalue weighted by molar-refractivity contribution is 7.22. The van der Waals surface area contributed by atoms with Gasteiger partial charge in [0.2, 0.25) is 0 Å². The van der Waals surface area contributed by atoms with Crippen LogP contribution in [0.1, 0.15) is 36.1 Å². The van der Waals surface area contributed by atoms with Crippen LogP contribution in [0.3, 0.4) is 0 Å². The van der Waals surface area contributed by atoms with Crippen molar-refractivity contribution in [2.24, 2.45) is 0 Å². The molecule has 0 atom stereocenters. The Balaban J connectivity index is 0.000000519. The number of aromatic nitrogens is 4. The third-order valence-corrected chi connectivity index (χ3v) is 9.66. The molecule has 0 amide bonds. The number of likely N-dealkylation sites (tertiary alicyclic amines) is 1. The number of thiophene rings is 1. The summed E-state index contributed by atoms with van der Waals surface area (Å²) in [7, 11) is 0. The minimum atomic E-state index is -5.08. The Labute approximate surface area is 282 Å². The SMILES string of the molecule is Fc1cccc(COc2ccc(Nc3ncnc4sc5c(c34)CCc3c-5cnn3CCN3CCCCC3)cc2Cl)c1.O=C(O)C(F)(F)F. The van der Waals surface area contributed by atoms with E-state index in [2.05, 4.69) is 24.9 Å². The number of nitrogens with zero attached hydrogens (tertiary/aromatic N) is 5. The molecule has 4 heterocycles. The normalized spacial score (nSPS) is 14.5. The number of alkyl halides is 3. The van der Waals surface area contributed by atoms with E-state index in [0.29, 0.717) is 10.8 Å². The number of fused-ring (bicyclic) bond motifs is 5. The molecule has 7 rings (SSSR count). The smallest absolute Gasteiger partial charge is 0.487 e. The molecule has 1 aliphatic heterocycles. The molecule has 0 radical (unpaired) electrons. The van der Waals surface area contributed by atoms with Crippen LogP contribution in [0.2, 0.25) is 5.02 Å². The van der Waals surface area contributed by atoms with Crippen molar-refractivity contribution in [1.29, 1.82) is 0 Å². The Morgan fingerprint density at radius 1 is 1.06 bits per heavy atom. The molecule has 48 heavy (non-hydrogen) atoms. The van der Waals surface area contributed by atoms with E-state index in [9.17, 15) is 17.6 Å². The molecule has 1 aliphatic carbocycles. The Morgan fingerprint density at radius 2 is 1.85 bits per heavy atom. The number of rotatable bonds is 8. The number of benzene rings is 2. The van der Waals surface area contributed by atoms with Crippen LogP contribution in [0.5, 0.6) is 5.75 Å². The van der Waals surface area contributed by atoms with Crippen molar-refractivity contribution in [3.05, 3.63) is 82.6 Å². The monoisotopic (exact) mass is 702 g/mol. The number of hydrogen-bond donors (Lipinski definition) is 2. The first-order valence-corrected chi connectivity index (χ1v) is 16.5. The van der Waals surface area contributed by atoms with Gasteiger partial charge in [0.25, 0.3) is 0 Å². The largest absolute Gasteiger partial charge is 0.490 e. The summed E-state index contributed by atoms with van der Waals surface area (Å²) in [6.07, 6.45) is 4.39. The number of ether oxygens (including phenoxy) is 1. The standard InChI is InChI=1S/C31H30ClFN6OS.C2HF3O2/c32-25-16-22(7-10-27(25)40-18-20-5-4-6-21(33)15-20)37-30-28-23-8-9-26-24(29(23)41-31(28)35-19-34-30)17-36-39(26)14-13-38-11-2-1-3-12-38;3-2(4,5)1(6)7/h4-7,10,15-17,19H,1-3,8-9,11-14,18H2,(H,34,35,37);(H,6,7). The van der Waals surface area contributed by atoms with Crippen molar-refractivity contribution in [2.45, 2.75) is 51.4 Å². The predicted octanol–water partition coefficient (Wildman–Crippen LogP) is 7.89. The molecule has 15 heteroatoms. The quantitative estimate of drug-likeness (QED) is 0.157. The minimum absolute atomic E-state index is 0.231. The summed E-state index contributed by atoms with van der Waals surface area (Å²) >= 11 is 8.27. The average molecular weight is 703 g/mol. The number of carbonyl (C=O) groups is 1. The number of anilines is 2. The lowest BCUT2D eigenvalue weighted by Gasteiger charge is -2.26. The van der Waals surface area contributed by atoms with Crippen LogP contribution in [0.25, 0.3) is 20.7 Å². The van der Waals surface area contributed by atoms with Gasteiger partial charge in [0.05, 0.1) is 23.2 Å². The molecular formula is C33H31ClF4N6O3S. The fourth-order valence-corrected chi connectivity index (χ4v) is 7.34. The molecule has 0 saturated carbocycles. The van der Waals surface area contributed by atoms with E-state index in [0.717, 1.165) is 53.2 Å². The molecular weight excluding hydrogens is 672 g/mol. The van der Waals surface area contributed by atoms with Crippen LogP contribution >= 0.6 is 22.9 Å². The molecule has 0 spiro atoms. The predicted molar refractivity (Wildman–Crippen MR) is 175 cm³/mol. The molecule has 1 saturated heterocycles. The van der Waals surface area contributed by atoms with E-state index >= 15 is 0 Å². The van der Waals surface area contributed by atoms with Crippen LogP contribution in [0, 0.1) is 5.82 Å². The van der Waals surface area contributed by atoms with Crippen LogP contribution in [-0.2, 0) is 30.8 Å². The van der Waals surface area contributed by atoms with E-state index in [1.807, 2.05) is 30.5 Å². The topological polar surface area (TPSA) is 105 Å². The van der Waals surface area contributed by atoms with Gasteiger partial charge < -0.3 is 20.1 Å². The first-order valence-electron chi connectivity index (χ1n) is 15.3. The Bertz CT molecular complexity index is 1930. The van der Waals surface area contributed by atoms with Gasteiger partial charge in [-0.2, -0.15) is 18.3 Å². The van der Waals surface area contributed by atoms with Gasteiger partial charge in [0.15, 0.2) is 0 Å². The van der Waals surface area contributed by atoms with E-state index in [-0.39, 0.29) is 12.4 Å². The molecule has 5 aromatic rings. The Morgan fingerprint density at radius 3 is 2.58 bits per heavy atom. The summed E-state index contributed by atoms with van der Waals surface area (Å²) in [6.45, 7) is 4.63. The van der Waals surface area contributed by atoms with Crippen LogP contribution < -0.4 is 10.1 Å². The summed E-state index contributed by atoms with van der Waals surface area (Å²) in [5.41, 5.74) is 5.36. The lowest BCUT2D eigenvalue weighted by atomic mass is 9.95. The maximum atomic E-state index is 13.5. The summed E-state index contributed by atoms with van der Waals surface area (Å²) in [4.78, 5) is 22.9. The third-order valence-electron chi connectivity index (χ3n) is 8.19. The summed E-state index contributed by atoms with van der Waals surface area (Å²) < 4.78 is 53.3. The van der Waals surface area contributed by atoms with Gasteiger partial charge >= 0.3 is 12.1 Å². The molecule has 1 fully saturated rings. The second kappa shape index (κ2) is 14.5. The fourth-order valence-electron chi connectivity index (χ4n) is 5.88.